The average molecular weight is 608 g/mol. The lowest BCUT2D eigenvalue weighted by molar-refractivity contribution is 0.122. The van der Waals surface area contributed by atoms with E-state index in [1.807, 2.05) is 4.90 Å². The maximum Gasteiger partial charge on any atom is 0.296 e. The summed E-state index contributed by atoms with van der Waals surface area (Å²) in [6.45, 7) is 8.60. The molecule has 0 spiro atoms. The minimum Gasteiger partial charge on any atom is -0.382 e. The van der Waals surface area contributed by atoms with E-state index < -0.39 is 17.8 Å². The van der Waals surface area contributed by atoms with Gasteiger partial charge in [0.05, 0.1) is 24.2 Å². The third kappa shape index (κ3) is 7.07. The lowest BCUT2D eigenvalue weighted by atomic mass is 9.93. The summed E-state index contributed by atoms with van der Waals surface area (Å²) in [4.78, 5) is 22.7. The van der Waals surface area contributed by atoms with Crippen LogP contribution >= 0.6 is 0 Å². The van der Waals surface area contributed by atoms with Crippen molar-refractivity contribution in [1.29, 1.82) is 0 Å². The monoisotopic (exact) mass is 607 g/mol. The van der Waals surface area contributed by atoms with Crippen LogP contribution in [0.4, 0.5) is 26.4 Å². The number of aromatic nitrogens is 5. The first kappa shape index (κ1) is 31.5. The van der Waals surface area contributed by atoms with Gasteiger partial charge in [0.1, 0.15) is 0 Å². The topological polar surface area (TPSA) is 96.3 Å². The van der Waals surface area contributed by atoms with Gasteiger partial charge in [0.15, 0.2) is 5.82 Å². The molecule has 0 radical (unpaired) electrons. The van der Waals surface area contributed by atoms with Crippen LogP contribution in [0.25, 0.3) is 17.0 Å². The molecule has 4 heterocycles. The van der Waals surface area contributed by atoms with Gasteiger partial charge in [0, 0.05) is 30.4 Å². The van der Waals surface area contributed by atoms with E-state index in [0.29, 0.717) is 61.7 Å². The SMILES string of the molecule is C.CN1CCC(Nc2ccccc2CC(C)(C)Nc2nc(N3CCOCC3)nc(-n3c(C(F)F)nc4ccccc43)n2)CC1. The first-order chi connectivity index (χ1) is 20.8. The fourth-order valence-corrected chi connectivity index (χ4v) is 5.83. The number of rotatable bonds is 9. The van der Waals surface area contributed by atoms with Crippen LogP contribution in [-0.2, 0) is 11.2 Å². The van der Waals surface area contributed by atoms with Gasteiger partial charge in [-0.05, 0) is 77.0 Å². The van der Waals surface area contributed by atoms with Crippen LogP contribution in [0, 0.1) is 0 Å². The molecule has 10 nitrogen and oxygen atoms in total. The smallest absolute Gasteiger partial charge is 0.296 e. The second-order valence-electron chi connectivity index (χ2n) is 12.0. The number of morpholine rings is 1. The first-order valence-corrected chi connectivity index (χ1v) is 14.9. The molecule has 44 heavy (non-hydrogen) atoms. The van der Waals surface area contributed by atoms with E-state index in [9.17, 15) is 8.78 Å². The number of para-hydroxylation sites is 3. The highest BCUT2D eigenvalue weighted by atomic mass is 19.3. The third-order valence-electron chi connectivity index (χ3n) is 8.07. The molecule has 2 N–H and O–H groups in total. The lowest BCUT2D eigenvalue weighted by Crippen LogP contribution is -2.39. The van der Waals surface area contributed by atoms with Crippen LogP contribution in [0.3, 0.4) is 0 Å². The molecule has 0 bridgehead atoms. The van der Waals surface area contributed by atoms with Crippen LogP contribution < -0.4 is 15.5 Å². The molecule has 0 unspecified atom stereocenters. The van der Waals surface area contributed by atoms with Crippen molar-refractivity contribution in [1.82, 2.24) is 29.4 Å². The number of fused-ring (bicyclic) bond motifs is 1. The molecule has 0 atom stereocenters. The van der Waals surface area contributed by atoms with Gasteiger partial charge in [0.25, 0.3) is 6.43 Å². The highest BCUT2D eigenvalue weighted by Crippen LogP contribution is 2.29. The molecule has 12 heteroatoms. The number of benzene rings is 2. The van der Waals surface area contributed by atoms with Crippen LogP contribution in [0.2, 0.25) is 0 Å². The van der Waals surface area contributed by atoms with Gasteiger partial charge in [0.2, 0.25) is 17.8 Å². The Labute approximate surface area is 257 Å². The Morgan fingerprint density at radius 1 is 0.909 bits per heavy atom. The fraction of sp³-hybridized carbons (Fsp3) is 0.500. The summed E-state index contributed by atoms with van der Waals surface area (Å²) in [5, 5.41) is 7.28. The van der Waals surface area contributed by atoms with Crippen molar-refractivity contribution in [3.8, 4) is 5.95 Å². The summed E-state index contributed by atoms with van der Waals surface area (Å²) in [5.41, 5.74) is 2.80. The van der Waals surface area contributed by atoms with Crippen molar-refractivity contribution in [3.05, 3.63) is 59.9 Å². The van der Waals surface area contributed by atoms with Gasteiger partial charge in [-0.2, -0.15) is 15.0 Å². The van der Waals surface area contributed by atoms with Gasteiger partial charge >= 0.3 is 0 Å². The summed E-state index contributed by atoms with van der Waals surface area (Å²) in [6.07, 6.45) is 0.0898. The molecule has 0 saturated carbocycles. The largest absolute Gasteiger partial charge is 0.382 e. The van der Waals surface area contributed by atoms with Gasteiger partial charge in [-0.1, -0.05) is 37.8 Å². The number of hydrogen-bond acceptors (Lipinski definition) is 9. The van der Waals surface area contributed by atoms with Gasteiger partial charge in [-0.25, -0.2) is 13.8 Å². The number of piperidine rings is 1. The molecule has 2 fully saturated rings. The number of anilines is 3. The fourth-order valence-electron chi connectivity index (χ4n) is 5.83. The normalized spacial score (nSPS) is 16.7. The standard InChI is InChI=1S/C31H39F2N9O.CH4/c1-31(2,20-21-8-4-5-9-23(21)34-22-12-14-40(3)15-13-22)39-28-36-29(41-16-18-43-19-17-41)38-30(37-28)42-25-11-7-6-10-24(25)35-27(42)26(32)33;/h4-11,22,26,34H,12-20H2,1-3H3,(H,36,37,38,39);1H4. The van der Waals surface area contributed by atoms with E-state index in [-0.39, 0.29) is 13.4 Å². The number of hydrogen-bond donors (Lipinski definition) is 2. The Hall–Kier alpha value is -3.90. The zero-order chi connectivity index (χ0) is 30.0. The summed E-state index contributed by atoms with van der Waals surface area (Å²) < 4.78 is 35.3. The van der Waals surface area contributed by atoms with Gasteiger partial charge in [-0.3, -0.25) is 4.57 Å². The molecule has 236 valence electrons. The Kier molecular flexibility index (Phi) is 9.59. The summed E-state index contributed by atoms with van der Waals surface area (Å²) in [6, 6.07) is 15.9. The maximum atomic E-state index is 14.2. The van der Waals surface area contributed by atoms with E-state index in [2.05, 4.69) is 70.7 Å². The Morgan fingerprint density at radius 3 is 2.34 bits per heavy atom. The predicted octanol–water partition coefficient (Wildman–Crippen LogP) is 5.56. The predicted molar refractivity (Wildman–Crippen MR) is 171 cm³/mol. The quantitative estimate of drug-likeness (QED) is 0.254. The number of halogens is 2. The number of ether oxygens (including phenoxy) is 1. The Balaban J connectivity index is 0.00000384. The molecule has 2 aliphatic rings. The Bertz CT molecular complexity index is 1550. The van der Waals surface area contributed by atoms with Crippen molar-refractivity contribution >= 4 is 28.6 Å². The molecule has 4 aromatic rings. The Morgan fingerprint density at radius 2 is 1.59 bits per heavy atom. The van der Waals surface area contributed by atoms with E-state index in [1.165, 1.54) is 10.1 Å². The summed E-state index contributed by atoms with van der Waals surface area (Å²) >= 11 is 0. The van der Waals surface area contributed by atoms with Crippen molar-refractivity contribution < 1.29 is 13.5 Å². The second-order valence-corrected chi connectivity index (χ2v) is 12.0. The van der Waals surface area contributed by atoms with Crippen molar-refractivity contribution in [2.24, 2.45) is 0 Å². The average Bonchev–Trinajstić information content (AvgIpc) is 3.39. The molecule has 2 aliphatic heterocycles. The van der Waals surface area contributed by atoms with Crippen molar-refractivity contribution in [2.45, 2.75) is 58.5 Å². The van der Waals surface area contributed by atoms with Crippen LogP contribution in [0.5, 0.6) is 0 Å². The highest BCUT2D eigenvalue weighted by Gasteiger charge is 2.27. The van der Waals surface area contributed by atoms with Gasteiger partial charge in [-0.15, -0.1) is 0 Å². The van der Waals surface area contributed by atoms with Crippen molar-refractivity contribution in [2.75, 3.05) is 62.0 Å². The second kappa shape index (κ2) is 13.4. The van der Waals surface area contributed by atoms with E-state index in [1.54, 1.807) is 24.3 Å². The molecular weight excluding hydrogens is 564 g/mol. The highest BCUT2D eigenvalue weighted by molar-refractivity contribution is 5.77. The molecule has 2 saturated heterocycles. The molecule has 6 rings (SSSR count). The summed E-state index contributed by atoms with van der Waals surface area (Å²) in [5.74, 6) is 0.423. The number of nitrogens with one attached hydrogen (secondary N) is 2. The molecule has 2 aromatic heterocycles. The lowest BCUT2D eigenvalue weighted by Gasteiger charge is -2.32. The number of likely N-dealkylation sites (tertiary alicyclic amines) is 1. The van der Waals surface area contributed by atoms with Crippen LogP contribution in [0.15, 0.2) is 48.5 Å². The molecule has 2 aromatic carbocycles. The zero-order valence-electron chi connectivity index (χ0n) is 24.9. The minimum absolute atomic E-state index is 0. The summed E-state index contributed by atoms with van der Waals surface area (Å²) in [7, 11) is 2.17. The van der Waals surface area contributed by atoms with E-state index >= 15 is 0 Å². The maximum absolute atomic E-state index is 14.2. The number of nitrogens with zero attached hydrogens (tertiary/aromatic N) is 7. The number of alkyl halides is 2. The molecule has 0 amide bonds. The van der Waals surface area contributed by atoms with Gasteiger partial charge < -0.3 is 25.2 Å². The minimum atomic E-state index is -2.81. The first-order valence-electron chi connectivity index (χ1n) is 14.9. The van der Waals surface area contributed by atoms with Crippen LogP contribution in [0.1, 0.15) is 51.9 Å². The van der Waals surface area contributed by atoms with E-state index in [0.717, 1.165) is 31.6 Å². The number of imidazole rings is 1. The van der Waals surface area contributed by atoms with E-state index in [4.69, 9.17) is 14.7 Å². The molecular formula is C32H43F2N9O. The van der Waals surface area contributed by atoms with Crippen molar-refractivity contribution in [3.63, 3.8) is 0 Å². The molecule has 0 aliphatic carbocycles. The third-order valence-corrected chi connectivity index (χ3v) is 8.07. The zero-order valence-corrected chi connectivity index (χ0v) is 24.9. The van der Waals surface area contributed by atoms with Crippen LogP contribution in [-0.4, -0.2) is 87.4 Å².